The van der Waals surface area contributed by atoms with Crippen LogP contribution in [0.15, 0.2) is 72.8 Å². The van der Waals surface area contributed by atoms with Gasteiger partial charge in [0.15, 0.2) is 0 Å². The van der Waals surface area contributed by atoms with Gasteiger partial charge in [-0.05, 0) is 43.3 Å². The third-order valence-electron chi connectivity index (χ3n) is 7.31. The molecule has 0 saturated carbocycles. The molecule has 10 heteroatoms. The van der Waals surface area contributed by atoms with E-state index in [1.54, 1.807) is 48.5 Å². The van der Waals surface area contributed by atoms with Crippen LogP contribution in [-0.2, 0) is 27.5 Å². The van der Waals surface area contributed by atoms with Gasteiger partial charge in [-0.25, -0.2) is 9.80 Å². The van der Waals surface area contributed by atoms with Crippen LogP contribution in [0.1, 0.15) is 65.9 Å². The minimum Gasteiger partial charge on any atom is -0.460 e. The molecule has 0 atom stereocenters. The smallest absolute Gasteiger partial charge is 0.313 e. The molecule has 0 unspecified atom stereocenters. The summed E-state index contributed by atoms with van der Waals surface area (Å²) in [6, 6.07) is 18.8. The minimum atomic E-state index is -0.733. The Hall–Kier alpha value is -5.48. The van der Waals surface area contributed by atoms with E-state index in [2.05, 4.69) is 0 Å². The maximum absolute atomic E-state index is 13.9. The molecule has 2 heterocycles. The van der Waals surface area contributed by atoms with Crippen molar-refractivity contribution in [3.63, 3.8) is 0 Å². The van der Waals surface area contributed by atoms with Gasteiger partial charge in [0, 0.05) is 44.2 Å². The Morgan fingerprint density at radius 2 is 1.05 bits per heavy atom. The molecule has 208 valence electrons. The lowest BCUT2D eigenvalue weighted by Gasteiger charge is -2.33. The van der Waals surface area contributed by atoms with Crippen LogP contribution in [-0.4, -0.2) is 40.5 Å². The van der Waals surface area contributed by atoms with Crippen molar-refractivity contribution in [3.05, 3.63) is 106 Å². The number of ether oxygens (including phenoxy) is 1. The second-order valence-corrected chi connectivity index (χ2v) is 9.92. The van der Waals surface area contributed by atoms with Gasteiger partial charge in [-0.15, -0.1) is 0 Å². The molecule has 0 bridgehead atoms. The van der Waals surface area contributed by atoms with E-state index in [0.29, 0.717) is 11.1 Å². The first kappa shape index (κ1) is 26.7. The Morgan fingerprint density at radius 3 is 1.48 bits per heavy atom. The van der Waals surface area contributed by atoms with Crippen molar-refractivity contribution in [1.29, 1.82) is 0 Å². The first-order valence-corrected chi connectivity index (χ1v) is 13.0. The fraction of sp³-hybridized carbons (Fsp3) is 0.125. The van der Waals surface area contributed by atoms with Crippen LogP contribution in [0.3, 0.4) is 0 Å². The lowest BCUT2D eigenvalue weighted by molar-refractivity contribution is -0.146. The van der Waals surface area contributed by atoms with Crippen LogP contribution >= 0.6 is 0 Å². The van der Waals surface area contributed by atoms with Gasteiger partial charge >= 0.3 is 5.97 Å². The molecule has 1 N–H and O–H groups in total. The number of imide groups is 2. The second-order valence-electron chi connectivity index (χ2n) is 9.92. The maximum Gasteiger partial charge on any atom is 0.313 e. The molecule has 0 aromatic heterocycles. The highest BCUT2D eigenvalue weighted by molar-refractivity contribution is 6.42. The number of carbonyl (C=O) groups excluding carboxylic acids is 6. The number of nitrogens with zero attached hydrogens (tertiary/aromatic N) is 2. The molecule has 4 aromatic rings. The van der Waals surface area contributed by atoms with E-state index in [0.717, 1.165) is 9.80 Å². The van der Waals surface area contributed by atoms with E-state index in [1.165, 1.54) is 31.2 Å². The third-order valence-corrected chi connectivity index (χ3v) is 7.31. The van der Waals surface area contributed by atoms with Crippen LogP contribution in [0.4, 0.5) is 11.4 Å². The molecule has 2 aliphatic rings. The van der Waals surface area contributed by atoms with Gasteiger partial charge in [-0.1, -0.05) is 36.4 Å². The largest absolute Gasteiger partial charge is 0.460 e. The zero-order valence-corrected chi connectivity index (χ0v) is 22.2. The lowest BCUT2D eigenvalue weighted by atomic mass is 9.85. The molecular formula is C32H22N2O8. The number of carbonyl (C=O) groups is 6. The van der Waals surface area contributed by atoms with Gasteiger partial charge < -0.3 is 9.84 Å². The molecule has 10 nitrogen and oxygen atoms in total. The highest BCUT2D eigenvalue weighted by atomic mass is 16.5. The summed E-state index contributed by atoms with van der Waals surface area (Å²) in [5.41, 5.74) is 1.73. The Labute approximate surface area is 238 Å². The van der Waals surface area contributed by atoms with E-state index in [1.807, 2.05) is 0 Å². The fourth-order valence-corrected chi connectivity index (χ4v) is 5.44. The summed E-state index contributed by atoms with van der Waals surface area (Å²) in [6.07, 6.45) is -0.399. The minimum absolute atomic E-state index is 0.124. The monoisotopic (exact) mass is 562 g/mol. The van der Waals surface area contributed by atoms with Gasteiger partial charge in [0.2, 0.25) is 0 Å². The Balaban J connectivity index is 1.43. The van der Waals surface area contributed by atoms with Crippen molar-refractivity contribution < 1.29 is 38.6 Å². The first-order chi connectivity index (χ1) is 20.2. The van der Waals surface area contributed by atoms with Gasteiger partial charge in [-0.3, -0.25) is 28.8 Å². The number of anilines is 2. The molecule has 0 saturated heterocycles. The van der Waals surface area contributed by atoms with Crippen LogP contribution in [0.25, 0.3) is 10.8 Å². The fourth-order valence-electron chi connectivity index (χ4n) is 5.44. The third kappa shape index (κ3) is 4.08. The Bertz CT molecular complexity index is 1820. The maximum atomic E-state index is 13.9. The molecule has 0 fully saturated rings. The highest BCUT2D eigenvalue weighted by Gasteiger charge is 2.41. The zero-order chi connectivity index (χ0) is 29.7. The number of para-hydroxylation sites is 2. The van der Waals surface area contributed by atoms with Crippen LogP contribution in [0.2, 0.25) is 0 Å². The van der Waals surface area contributed by atoms with Crippen molar-refractivity contribution >= 4 is 57.5 Å². The molecule has 4 aromatic carbocycles. The van der Waals surface area contributed by atoms with E-state index in [9.17, 15) is 33.9 Å². The topological polar surface area (TPSA) is 138 Å². The molecule has 4 amide bonds. The number of aliphatic hydroxyl groups is 1. The van der Waals surface area contributed by atoms with Crippen LogP contribution in [0, 0.1) is 0 Å². The second kappa shape index (κ2) is 10.2. The van der Waals surface area contributed by atoms with Gasteiger partial charge in [0.05, 0.1) is 18.0 Å². The van der Waals surface area contributed by atoms with Crippen molar-refractivity contribution in [2.75, 3.05) is 9.80 Å². The summed E-state index contributed by atoms with van der Waals surface area (Å²) in [7, 11) is 0. The van der Waals surface area contributed by atoms with E-state index < -0.39 is 36.0 Å². The number of Topliss-reactive ketones (excluding diaryl/α,β-unsaturated/α-hetero) is 1. The molecule has 0 aliphatic carbocycles. The number of hydrogen-bond donors (Lipinski definition) is 1. The molecule has 2 aliphatic heterocycles. The Kier molecular flexibility index (Phi) is 6.47. The van der Waals surface area contributed by atoms with Crippen LogP contribution in [0.5, 0.6) is 0 Å². The van der Waals surface area contributed by atoms with E-state index in [4.69, 9.17) is 4.74 Å². The number of amides is 4. The number of benzene rings is 4. The molecule has 0 radical (unpaired) electrons. The normalized spacial score (nSPS) is 14.0. The van der Waals surface area contributed by atoms with Crippen molar-refractivity contribution in [2.45, 2.75) is 26.6 Å². The van der Waals surface area contributed by atoms with Gasteiger partial charge in [0.1, 0.15) is 18.8 Å². The van der Waals surface area contributed by atoms with E-state index in [-0.39, 0.29) is 63.4 Å². The SMILES string of the molecule is CC(=O)CC(=O)OCc1ccccc1N1C(=O)c2ccc3c4c(ccc(c24)C1=O)C(=O)N(c1ccccc1CO)C3=O. The first-order valence-electron chi connectivity index (χ1n) is 13.0. The summed E-state index contributed by atoms with van der Waals surface area (Å²) < 4.78 is 5.20. The van der Waals surface area contributed by atoms with Crippen molar-refractivity contribution in [3.8, 4) is 0 Å². The number of aliphatic hydroxyl groups excluding tert-OH is 1. The molecular weight excluding hydrogens is 540 g/mol. The van der Waals surface area contributed by atoms with Gasteiger partial charge in [0.25, 0.3) is 23.6 Å². The number of esters is 1. The van der Waals surface area contributed by atoms with E-state index >= 15 is 0 Å². The predicted octanol–water partition coefficient (Wildman–Crippen LogP) is 3.96. The average Bonchev–Trinajstić information content (AvgIpc) is 2.98. The Morgan fingerprint density at radius 1 is 0.643 bits per heavy atom. The molecule has 42 heavy (non-hydrogen) atoms. The average molecular weight is 563 g/mol. The van der Waals surface area contributed by atoms with Crippen molar-refractivity contribution in [2.24, 2.45) is 0 Å². The summed E-state index contributed by atoms with van der Waals surface area (Å²) in [5, 5.41) is 10.2. The summed E-state index contributed by atoms with van der Waals surface area (Å²) in [4.78, 5) is 80.3. The highest BCUT2D eigenvalue weighted by Crippen LogP contribution is 2.41. The summed E-state index contributed by atoms with van der Waals surface area (Å²) in [5.74, 6) is -3.72. The molecule has 0 spiro atoms. The standard InChI is InChI=1S/C32H22N2O8/c1-17(36)14-26(37)42-16-19-7-3-5-9-25(19)34-31(40)22-12-10-20-27-21(11-13-23(28(22)27)32(34)41)30(39)33(29(20)38)24-8-4-2-6-18(24)15-35/h2-13,35H,14-16H2,1H3. The predicted molar refractivity (Wildman–Crippen MR) is 150 cm³/mol. The number of hydrogen-bond acceptors (Lipinski definition) is 8. The van der Waals surface area contributed by atoms with Gasteiger partial charge in [-0.2, -0.15) is 0 Å². The van der Waals surface area contributed by atoms with Crippen molar-refractivity contribution in [1.82, 2.24) is 0 Å². The summed E-state index contributed by atoms with van der Waals surface area (Å²) in [6.45, 7) is 0.609. The zero-order valence-electron chi connectivity index (χ0n) is 22.2. The quantitative estimate of drug-likeness (QED) is 0.203. The number of rotatable bonds is 7. The molecule has 6 rings (SSSR count). The number of ketones is 1. The lowest BCUT2D eigenvalue weighted by Crippen LogP contribution is -2.44. The summed E-state index contributed by atoms with van der Waals surface area (Å²) >= 11 is 0. The van der Waals surface area contributed by atoms with Crippen LogP contribution < -0.4 is 9.80 Å².